The summed E-state index contributed by atoms with van der Waals surface area (Å²) >= 11 is 0. The molecule has 0 atom stereocenters. The number of aliphatic hydroxyl groups excluding tert-OH is 5. The first-order valence-corrected chi connectivity index (χ1v) is 27.6. The summed E-state index contributed by atoms with van der Waals surface area (Å²) in [6, 6.07) is 0. The van der Waals surface area contributed by atoms with Gasteiger partial charge in [-0.2, -0.15) is 0 Å². The van der Waals surface area contributed by atoms with Crippen LogP contribution < -0.4 is 0 Å². The highest BCUT2D eigenvalue weighted by atomic mass is 16.4. The van der Waals surface area contributed by atoms with Crippen molar-refractivity contribution >= 4 is 11.9 Å². The van der Waals surface area contributed by atoms with E-state index in [0.29, 0.717) is 39.3 Å². The number of carboxylic acids is 2. The highest BCUT2D eigenvalue weighted by molar-refractivity contribution is 5.72. The van der Waals surface area contributed by atoms with Gasteiger partial charge in [0.15, 0.2) is 0 Å². The van der Waals surface area contributed by atoms with Crippen molar-refractivity contribution in [2.75, 3.05) is 52.7 Å². The lowest BCUT2D eigenvalue weighted by Gasteiger charge is -2.17. The van der Waals surface area contributed by atoms with E-state index in [1.54, 1.807) is 25.7 Å². The van der Waals surface area contributed by atoms with Gasteiger partial charge in [-0.3, -0.25) is 14.5 Å². The van der Waals surface area contributed by atoms with E-state index in [4.69, 9.17) is 35.7 Å². The summed E-state index contributed by atoms with van der Waals surface area (Å²) in [6.07, 6.45) is 49.7. The lowest BCUT2D eigenvalue weighted by Crippen LogP contribution is -2.32. The molecule has 0 rings (SSSR count). The summed E-state index contributed by atoms with van der Waals surface area (Å²) in [6.45, 7) is 14.3. The normalized spacial score (nSPS) is 10.8. The number of carbonyl (C=O) groups is 2. The van der Waals surface area contributed by atoms with Crippen molar-refractivity contribution in [1.29, 1.82) is 0 Å². The lowest BCUT2D eigenvalue weighted by molar-refractivity contribution is -0.145. The minimum absolute atomic E-state index is 0.0694. The zero-order valence-corrected chi connectivity index (χ0v) is 44.4. The van der Waals surface area contributed by atoms with Gasteiger partial charge in [-0.05, 0) is 40.0 Å². The third-order valence-corrected chi connectivity index (χ3v) is 11.4. The molecule has 0 aromatic carbocycles. The van der Waals surface area contributed by atoms with E-state index in [1.807, 2.05) is 0 Å². The van der Waals surface area contributed by atoms with Gasteiger partial charge in [0.05, 0.1) is 25.2 Å². The maximum absolute atomic E-state index is 10.3. The molecule has 0 spiro atoms. The molecule has 65 heavy (non-hydrogen) atoms. The summed E-state index contributed by atoms with van der Waals surface area (Å²) in [7, 11) is 0. The topological polar surface area (TPSA) is 179 Å². The SMILES string of the molecule is CC(C)(C)C(=O)O.CCCCCCCCCCCCCCCCCC(=O)O.CCCCCCCCCCCCCO.CCCCCCCCCCCCCO.OCCN(CCO)CCO. The van der Waals surface area contributed by atoms with Crippen molar-refractivity contribution in [1.82, 2.24) is 4.90 Å². The number of hydrogen-bond acceptors (Lipinski definition) is 8. The standard InChI is InChI=1S/C18H36O2.2C13H28O.C6H15NO3.C5H10O2/c1-2-3-4-5-6-7-8-9-10-11-12-13-14-15-16-17-18(19)20;2*1-2-3-4-5-6-7-8-9-10-11-12-13-14;8-4-1-7(2-5-9)3-6-10;1-5(2,3)4(6)7/h2-17H2,1H3,(H,19,20);2*14H,2-13H2,1H3;8-10H,1-6H2;1-3H3,(H,6,7). The number of unbranched alkanes of at least 4 members (excludes halogenated alkanes) is 34. The minimum Gasteiger partial charge on any atom is -0.481 e. The van der Waals surface area contributed by atoms with Crippen molar-refractivity contribution in [3.05, 3.63) is 0 Å². The van der Waals surface area contributed by atoms with Crippen LogP contribution in [0.15, 0.2) is 0 Å². The van der Waals surface area contributed by atoms with E-state index in [-0.39, 0.29) is 19.8 Å². The maximum atomic E-state index is 10.3. The van der Waals surface area contributed by atoms with Crippen LogP contribution in [-0.4, -0.2) is 105 Å². The predicted octanol–water partition coefficient (Wildman–Crippen LogP) is 14.3. The van der Waals surface area contributed by atoms with Crippen molar-refractivity contribution in [2.24, 2.45) is 5.41 Å². The third-order valence-electron chi connectivity index (χ3n) is 11.4. The van der Waals surface area contributed by atoms with E-state index >= 15 is 0 Å². The van der Waals surface area contributed by atoms with Gasteiger partial charge in [-0.1, -0.05) is 239 Å². The summed E-state index contributed by atoms with van der Waals surface area (Å²) in [4.78, 5) is 22.1. The van der Waals surface area contributed by atoms with Crippen LogP contribution in [0.4, 0.5) is 0 Å². The number of aliphatic carboxylic acids is 2. The number of carboxylic acid groups (broad SMARTS) is 2. The van der Waals surface area contributed by atoms with Crippen LogP contribution in [0, 0.1) is 5.41 Å². The fraction of sp³-hybridized carbons (Fsp3) is 0.964. The first kappa shape index (κ1) is 72.7. The summed E-state index contributed by atoms with van der Waals surface area (Å²) in [5, 5.41) is 59.4. The van der Waals surface area contributed by atoms with Crippen LogP contribution >= 0.6 is 0 Å². The van der Waals surface area contributed by atoms with Gasteiger partial charge in [-0.25, -0.2) is 0 Å². The van der Waals surface area contributed by atoms with E-state index in [0.717, 1.165) is 25.7 Å². The number of rotatable bonds is 44. The molecule has 0 aromatic rings. The molecule has 0 aliphatic carbocycles. The largest absolute Gasteiger partial charge is 0.481 e. The van der Waals surface area contributed by atoms with Crippen LogP contribution in [0.25, 0.3) is 0 Å². The smallest absolute Gasteiger partial charge is 0.308 e. The molecular formula is C55H117NO9. The predicted molar refractivity (Wildman–Crippen MR) is 279 cm³/mol. The monoisotopic (exact) mass is 936 g/mol. The Hall–Kier alpha value is -1.30. The fourth-order valence-corrected chi connectivity index (χ4v) is 6.96. The molecule has 0 aromatic heterocycles. The first-order valence-electron chi connectivity index (χ1n) is 27.6. The maximum Gasteiger partial charge on any atom is 0.308 e. The molecule has 0 saturated carbocycles. The second-order valence-corrected chi connectivity index (χ2v) is 19.2. The van der Waals surface area contributed by atoms with Crippen LogP contribution in [0.1, 0.15) is 286 Å². The molecule has 0 fully saturated rings. The Morgan fingerprint density at radius 2 is 0.508 bits per heavy atom. The highest BCUT2D eigenvalue weighted by Crippen LogP contribution is 2.15. The van der Waals surface area contributed by atoms with Gasteiger partial charge in [-0.15, -0.1) is 0 Å². The molecule has 0 aliphatic heterocycles. The molecular weight excluding hydrogens is 819 g/mol. The van der Waals surface area contributed by atoms with Gasteiger partial charge >= 0.3 is 11.9 Å². The lowest BCUT2D eigenvalue weighted by atomic mass is 9.98. The first-order chi connectivity index (χ1) is 31.4. The van der Waals surface area contributed by atoms with Gasteiger partial charge in [0.25, 0.3) is 0 Å². The van der Waals surface area contributed by atoms with Gasteiger partial charge in [0, 0.05) is 39.3 Å². The molecule has 10 heteroatoms. The molecule has 10 nitrogen and oxygen atoms in total. The van der Waals surface area contributed by atoms with Gasteiger partial charge in [0.2, 0.25) is 0 Å². The quantitative estimate of drug-likeness (QED) is 0.0291. The van der Waals surface area contributed by atoms with Crippen LogP contribution in [0.3, 0.4) is 0 Å². The van der Waals surface area contributed by atoms with E-state index in [9.17, 15) is 9.59 Å². The number of nitrogens with zero attached hydrogens (tertiary/aromatic N) is 1. The summed E-state index contributed by atoms with van der Waals surface area (Å²) in [5.41, 5.74) is -0.583. The van der Waals surface area contributed by atoms with Crippen LogP contribution in [0.2, 0.25) is 0 Å². The molecule has 0 bridgehead atoms. The second kappa shape index (κ2) is 67.0. The minimum atomic E-state index is -0.757. The molecule has 0 saturated heterocycles. The Morgan fingerprint density at radius 3 is 0.662 bits per heavy atom. The molecule has 0 aliphatic rings. The molecule has 396 valence electrons. The Bertz CT molecular complexity index is 778. The molecule has 0 heterocycles. The van der Waals surface area contributed by atoms with Crippen molar-refractivity contribution < 1.29 is 45.3 Å². The third kappa shape index (κ3) is 83.2. The Labute approximate surface area is 404 Å². The summed E-state index contributed by atoms with van der Waals surface area (Å²) in [5.74, 6) is -1.41. The van der Waals surface area contributed by atoms with Gasteiger partial charge in [0.1, 0.15) is 0 Å². The Kier molecular flexibility index (Phi) is 74.9. The van der Waals surface area contributed by atoms with Gasteiger partial charge < -0.3 is 35.7 Å². The molecule has 0 radical (unpaired) electrons. The van der Waals surface area contributed by atoms with Crippen molar-refractivity contribution in [3.8, 4) is 0 Å². The second-order valence-electron chi connectivity index (χ2n) is 19.2. The average molecular weight is 937 g/mol. The zero-order valence-electron chi connectivity index (χ0n) is 44.4. The Balaban J connectivity index is -0.000000240. The number of aliphatic hydroxyl groups is 5. The molecule has 0 amide bonds. The van der Waals surface area contributed by atoms with Crippen molar-refractivity contribution in [2.45, 2.75) is 286 Å². The van der Waals surface area contributed by atoms with Crippen LogP contribution in [0.5, 0.6) is 0 Å². The number of hydrogen-bond donors (Lipinski definition) is 7. The highest BCUT2D eigenvalue weighted by Gasteiger charge is 2.18. The zero-order chi connectivity index (χ0) is 49.8. The van der Waals surface area contributed by atoms with Crippen LogP contribution in [-0.2, 0) is 9.59 Å². The van der Waals surface area contributed by atoms with E-state index < -0.39 is 17.4 Å². The van der Waals surface area contributed by atoms with E-state index in [2.05, 4.69) is 20.8 Å². The average Bonchev–Trinajstić information content (AvgIpc) is 3.27. The van der Waals surface area contributed by atoms with Crippen molar-refractivity contribution in [3.63, 3.8) is 0 Å². The summed E-state index contributed by atoms with van der Waals surface area (Å²) < 4.78 is 0. The molecule has 7 N–H and O–H groups in total. The van der Waals surface area contributed by atoms with E-state index in [1.165, 1.54) is 212 Å². The Morgan fingerprint density at radius 1 is 0.323 bits per heavy atom. The fourth-order valence-electron chi connectivity index (χ4n) is 6.96. The molecule has 0 unspecified atom stereocenters.